The Morgan fingerprint density at radius 1 is 1.32 bits per heavy atom. The highest BCUT2D eigenvalue weighted by Crippen LogP contribution is 2.33. The molecule has 0 heterocycles. The minimum atomic E-state index is -0.428. The number of halogens is 2. The summed E-state index contributed by atoms with van der Waals surface area (Å²) in [7, 11) is 1.67. The lowest BCUT2D eigenvalue weighted by Crippen LogP contribution is -2.18. The molecule has 1 aromatic carbocycles. The summed E-state index contributed by atoms with van der Waals surface area (Å²) in [6.45, 7) is 4.41. The molecular formula is C15H16BrClO2. The van der Waals surface area contributed by atoms with Gasteiger partial charge < -0.3 is 9.47 Å². The average Bonchev–Trinajstić information content (AvgIpc) is 2.67. The van der Waals surface area contributed by atoms with Gasteiger partial charge in [0.1, 0.15) is 18.0 Å². The van der Waals surface area contributed by atoms with Gasteiger partial charge in [-0.25, -0.2) is 0 Å². The second-order valence-electron chi connectivity index (χ2n) is 4.70. The van der Waals surface area contributed by atoms with Crippen LogP contribution in [0.4, 0.5) is 0 Å². The molecule has 0 saturated heterocycles. The monoisotopic (exact) mass is 342 g/mol. The topological polar surface area (TPSA) is 18.5 Å². The fraction of sp³-hybridized carbons (Fsp3) is 0.333. The summed E-state index contributed by atoms with van der Waals surface area (Å²) >= 11 is 9.69. The number of rotatable bonds is 4. The number of methoxy groups -OCH3 is 1. The second kappa shape index (κ2) is 5.70. The van der Waals surface area contributed by atoms with Crippen molar-refractivity contribution in [3.8, 4) is 5.75 Å². The van der Waals surface area contributed by atoms with Crippen molar-refractivity contribution in [1.82, 2.24) is 0 Å². The van der Waals surface area contributed by atoms with Crippen molar-refractivity contribution in [1.29, 1.82) is 0 Å². The van der Waals surface area contributed by atoms with Crippen molar-refractivity contribution in [2.75, 3.05) is 13.7 Å². The summed E-state index contributed by atoms with van der Waals surface area (Å²) in [6, 6.07) is 5.89. The molecule has 2 nitrogen and oxygen atoms in total. The largest absolute Gasteiger partial charge is 0.489 e. The minimum absolute atomic E-state index is 0.428. The summed E-state index contributed by atoms with van der Waals surface area (Å²) < 4.78 is 12.3. The number of hydrogen-bond acceptors (Lipinski definition) is 2. The van der Waals surface area contributed by atoms with Crippen molar-refractivity contribution < 1.29 is 9.47 Å². The van der Waals surface area contributed by atoms with Crippen molar-refractivity contribution in [3.63, 3.8) is 0 Å². The van der Waals surface area contributed by atoms with Crippen LogP contribution in [-0.4, -0.2) is 19.3 Å². The van der Waals surface area contributed by atoms with Gasteiger partial charge >= 0.3 is 0 Å². The molecule has 1 aliphatic carbocycles. The van der Waals surface area contributed by atoms with Gasteiger partial charge in [-0.15, -0.1) is 0 Å². The molecule has 0 radical (unpaired) electrons. The predicted octanol–water partition coefficient (Wildman–Crippen LogP) is 4.60. The summed E-state index contributed by atoms with van der Waals surface area (Å²) in [6.07, 6.45) is 3.88. The molecule has 4 heteroatoms. The van der Waals surface area contributed by atoms with Gasteiger partial charge in [-0.1, -0.05) is 33.6 Å². The Morgan fingerprint density at radius 2 is 2.05 bits per heavy atom. The third kappa shape index (κ3) is 3.22. The quantitative estimate of drug-likeness (QED) is 0.795. The fourth-order valence-corrected chi connectivity index (χ4v) is 2.60. The summed E-state index contributed by atoms with van der Waals surface area (Å²) in [5, 5.41) is 0.692. The Balaban J connectivity index is 2.10. The molecule has 102 valence electrons. The van der Waals surface area contributed by atoms with Crippen LogP contribution in [-0.2, 0) is 4.74 Å². The lowest BCUT2D eigenvalue weighted by molar-refractivity contribution is 0.0922. The van der Waals surface area contributed by atoms with Gasteiger partial charge in [-0.3, -0.25) is 0 Å². The van der Waals surface area contributed by atoms with E-state index in [1.54, 1.807) is 7.11 Å². The zero-order chi connectivity index (χ0) is 14.0. The van der Waals surface area contributed by atoms with Crippen LogP contribution < -0.4 is 4.74 Å². The molecule has 0 N–H and O–H groups in total. The lowest BCUT2D eigenvalue weighted by Gasteiger charge is -2.16. The first-order valence-corrected chi connectivity index (χ1v) is 7.16. The molecule has 0 aliphatic heterocycles. The molecule has 1 unspecified atom stereocenters. The first kappa shape index (κ1) is 14.6. The van der Waals surface area contributed by atoms with Crippen molar-refractivity contribution in [2.45, 2.75) is 19.4 Å². The molecular weight excluding hydrogens is 328 g/mol. The summed E-state index contributed by atoms with van der Waals surface area (Å²) in [5.74, 6) is 0.853. The number of hydrogen-bond donors (Lipinski definition) is 0. The highest BCUT2D eigenvalue weighted by Gasteiger charge is 2.27. The van der Waals surface area contributed by atoms with Crippen molar-refractivity contribution >= 4 is 27.5 Å². The maximum atomic E-state index is 6.20. The maximum absolute atomic E-state index is 6.20. The molecule has 0 bridgehead atoms. The van der Waals surface area contributed by atoms with E-state index < -0.39 is 5.60 Å². The Morgan fingerprint density at radius 3 is 2.68 bits per heavy atom. The van der Waals surface area contributed by atoms with E-state index in [4.69, 9.17) is 21.1 Å². The lowest BCUT2D eigenvalue weighted by atomic mass is 10.1. The van der Waals surface area contributed by atoms with Crippen LogP contribution in [0.3, 0.4) is 0 Å². The van der Waals surface area contributed by atoms with Crippen LogP contribution in [0, 0.1) is 6.92 Å². The molecule has 0 aromatic heterocycles. The Labute approximate surface area is 127 Å². The van der Waals surface area contributed by atoms with Gasteiger partial charge in [0.15, 0.2) is 0 Å². The van der Waals surface area contributed by atoms with Crippen LogP contribution >= 0.6 is 27.5 Å². The van der Waals surface area contributed by atoms with E-state index in [9.17, 15) is 0 Å². The number of benzene rings is 1. The molecule has 1 aliphatic rings. The SMILES string of the molecule is COC1(C)C=C(Cl)C(COc2cccc(Br)c2C)=C1. The molecule has 1 aromatic rings. The zero-order valence-electron chi connectivity index (χ0n) is 11.2. The molecule has 1 atom stereocenters. The van der Waals surface area contributed by atoms with E-state index in [0.29, 0.717) is 11.6 Å². The fourth-order valence-electron chi connectivity index (χ4n) is 1.93. The van der Waals surface area contributed by atoms with Crippen LogP contribution in [0.2, 0.25) is 0 Å². The highest BCUT2D eigenvalue weighted by molar-refractivity contribution is 9.10. The van der Waals surface area contributed by atoms with Gasteiger partial charge in [0.25, 0.3) is 0 Å². The molecule has 19 heavy (non-hydrogen) atoms. The van der Waals surface area contributed by atoms with E-state index in [1.807, 2.05) is 44.2 Å². The van der Waals surface area contributed by atoms with Gasteiger partial charge in [-0.2, -0.15) is 0 Å². The van der Waals surface area contributed by atoms with Gasteiger partial charge in [0.2, 0.25) is 0 Å². The van der Waals surface area contributed by atoms with Crippen molar-refractivity contribution in [3.05, 3.63) is 51.0 Å². The molecule has 0 fully saturated rings. The predicted molar refractivity (Wildman–Crippen MR) is 81.8 cm³/mol. The Kier molecular flexibility index (Phi) is 4.39. The average molecular weight is 344 g/mol. The van der Waals surface area contributed by atoms with E-state index in [1.165, 1.54) is 0 Å². The molecule has 0 saturated carbocycles. The van der Waals surface area contributed by atoms with Gasteiger partial charge in [-0.05, 0) is 38.1 Å². The smallest absolute Gasteiger partial charge is 0.123 e. The zero-order valence-corrected chi connectivity index (χ0v) is 13.5. The standard InChI is InChI=1S/C15H16BrClO2/c1-10-12(16)5-4-6-14(10)19-9-11-7-15(2,18-3)8-13(11)17/h4-8H,9H2,1-3H3. The van der Waals surface area contributed by atoms with Crippen LogP contribution in [0.25, 0.3) is 0 Å². The van der Waals surface area contributed by atoms with E-state index >= 15 is 0 Å². The first-order chi connectivity index (χ1) is 8.95. The van der Waals surface area contributed by atoms with E-state index in [0.717, 1.165) is 21.4 Å². The maximum Gasteiger partial charge on any atom is 0.123 e. The van der Waals surface area contributed by atoms with Gasteiger partial charge in [0.05, 0.1) is 0 Å². The summed E-state index contributed by atoms with van der Waals surface area (Å²) in [5.41, 5.74) is 1.60. The van der Waals surface area contributed by atoms with Gasteiger partial charge in [0, 0.05) is 27.8 Å². The first-order valence-electron chi connectivity index (χ1n) is 5.99. The van der Waals surface area contributed by atoms with Crippen LogP contribution in [0.1, 0.15) is 12.5 Å². The third-order valence-electron chi connectivity index (χ3n) is 3.22. The molecule has 0 spiro atoms. The normalized spacial score (nSPS) is 22.2. The third-order valence-corrected chi connectivity index (χ3v) is 4.43. The van der Waals surface area contributed by atoms with Crippen molar-refractivity contribution in [2.24, 2.45) is 0 Å². The number of ether oxygens (including phenoxy) is 2. The minimum Gasteiger partial charge on any atom is -0.489 e. The molecule has 0 amide bonds. The second-order valence-corrected chi connectivity index (χ2v) is 5.96. The van der Waals surface area contributed by atoms with E-state index in [-0.39, 0.29) is 0 Å². The Bertz CT molecular complexity index is 551. The highest BCUT2D eigenvalue weighted by atomic mass is 79.9. The summed E-state index contributed by atoms with van der Waals surface area (Å²) in [4.78, 5) is 0. The van der Waals surface area contributed by atoms with Crippen LogP contribution in [0.5, 0.6) is 5.75 Å². The Hall–Kier alpha value is -0.770. The van der Waals surface area contributed by atoms with E-state index in [2.05, 4.69) is 15.9 Å². The van der Waals surface area contributed by atoms with Crippen LogP contribution in [0.15, 0.2) is 45.4 Å². The molecule has 2 rings (SSSR count).